The summed E-state index contributed by atoms with van der Waals surface area (Å²) in [6.45, 7) is 3.04. The molecule has 1 heterocycles. The van der Waals surface area contributed by atoms with E-state index in [0.717, 1.165) is 5.56 Å². The number of carbonyl (C=O) groups is 2. The quantitative estimate of drug-likeness (QED) is 0.543. The van der Waals surface area contributed by atoms with Gasteiger partial charge in [-0.05, 0) is 26.1 Å². The fourth-order valence-corrected chi connectivity index (χ4v) is 2.45. The van der Waals surface area contributed by atoms with E-state index in [1.165, 1.54) is 0 Å². The number of carbonyl (C=O) groups excluding carboxylic acids is 2. The van der Waals surface area contributed by atoms with Crippen molar-refractivity contribution in [2.45, 2.75) is 13.0 Å². The highest BCUT2D eigenvalue weighted by Crippen LogP contribution is 2.16. The lowest BCUT2D eigenvalue weighted by molar-refractivity contribution is -0.133. The van der Waals surface area contributed by atoms with Crippen molar-refractivity contribution in [2.24, 2.45) is 5.92 Å². The molecular formula is C14H19N3O3. The topological polar surface area (TPSA) is 81.7 Å². The number of hydroxylamine groups is 1. The zero-order valence-corrected chi connectivity index (χ0v) is 11.6. The molecule has 3 N–H and O–H groups in total. The van der Waals surface area contributed by atoms with Gasteiger partial charge in [-0.3, -0.25) is 14.8 Å². The van der Waals surface area contributed by atoms with Crippen LogP contribution in [0.3, 0.4) is 0 Å². The van der Waals surface area contributed by atoms with Crippen LogP contribution in [0.2, 0.25) is 0 Å². The molecule has 2 amide bonds. The number of nitrogens with zero attached hydrogens (tertiary/aromatic N) is 1. The van der Waals surface area contributed by atoms with Crippen LogP contribution in [-0.2, 0) is 4.79 Å². The van der Waals surface area contributed by atoms with Crippen molar-refractivity contribution in [1.29, 1.82) is 0 Å². The predicted molar refractivity (Wildman–Crippen MR) is 73.3 cm³/mol. The van der Waals surface area contributed by atoms with Gasteiger partial charge in [0.15, 0.2) is 0 Å². The van der Waals surface area contributed by atoms with Gasteiger partial charge in [-0.2, -0.15) is 0 Å². The van der Waals surface area contributed by atoms with Gasteiger partial charge in [-0.1, -0.05) is 17.7 Å². The van der Waals surface area contributed by atoms with E-state index >= 15 is 0 Å². The Morgan fingerprint density at radius 3 is 2.50 bits per heavy atom. The second-order valence-electron chi connectivity index (χ2n) is 5.25. The first kappa shape index (κ1) is 14.5. The molecule has 20 heavy (non-hydrogen) atoms. The van der Waals surface area contributed by atoms with Crippen molar-refractivity contribution >= 4 is 11.8 Å². The van der Waals surface area contributed by atoms with Crippen LogP contribution in [0.25, 0.3) is 0 Å². The summed E-state index contributed by atoms with van der Waals surface area (Å²) in [5, 5.41) is 11.6. The molecule has 0 saturated carbocycles. The third-order valence-electron chi connectivity index (χ3n) is 3.58. The first-order valence-corrected chi connectivity index (χ1v) is 6.51. The Morgan fingerprint density at radius 2 is 1.90 bits per heavy atom. The molecule has 1 aromatic rings. The van der Waals surface area contributed by atoms with Crippen LogP contribution >= 0.6 is 0 Å². The van der Waals surface area contributed by atoms with Gasteiger partial charge in [0.05, 0.1) is 12.0 Å². The Balaban J connectivity index is 2.06. The van der Waals surface area contributed by atoms with E-state index in [9.17, 15) is 9.59 Å². The fraction of sp³-hybridized carbons (Fsp3) is 0.429. The van der Waals surface area contributed by atoms with E-state index < -0.39 is 11.8 Å². The molecule has 1 aliphatic heterocycles. The monoisotopic (exact) mass is 277 g/mol. The maximum absolute atomic E-state index is 12.2. The highest BCUT2D eigenvalue weighted by molar-refractivity contribution is 5.95. The molecule has 6 heteroatoms. The normalized spacial score (nSPS) is 22.6. The number of rotatable bonds is 3. The summed E-state index contributed by atoms with van der Waals surface area (Å²) in [5.41, 5.74) is 3.31. The first-order chi connectivity index (χ1) is 9.51. The van der Waals surface area contributed by atoms with Crippen molar-refractivity contribution in [3.8, 4) is 0 Å². The van der Waals surface area contributed by atoms with Crippen molar-refractivity contribution in [3.05, 3.63) is 35.4 Å². The smallest absolute Gasteiger partial charge is 0.251 e. The minimum Gasteiger partial charge on any atom is -0.347 e. The second kappa shape index (κ2) is 6.02. The Labute approximate surface area is 117 Å². The van der Waals surface area contributed by atoms with E-state index in [1.54, 1.807) is 17.6 Å². The molecule has 0 aliphatic carbocycles. The lowest BCUT2D eigenvalue weighted by Crippen LogP contribution is -2.45. The molecule has 1 fully saturated rings. The Hall–Kier alpha value is -1.92. The zero-order valence-electron chi connectivity index (χ0n) is 11.6. The molecule has 1 saturated heterocycles. The number of hydrogen-bond donors (Lipinski definition) is 3. The lowest BCUT2D eigenvalue weighted by Gasteiger charge is -2.18. The number of amides is 2. The van der Waals surface area contributed by atoms with Gasteiger partial charge in [0.25, 0.3) is 5.91 Å². The highest BCUT2D eigenvalue weighted by atomic mass is 16.5. The molecule has 0 radical (unpaired) electrons. The van der Waals surface area contributed by atoms with Crippen LogP contribution in [0, 0.1) is 12.8 Å². The van der Waals surface area contributed by atoms with Crippen LogP contribution in [0.15, 0.2) is 24.3 Å². The van der Waals surface area contributed by atoms with E-state index in [1.807, 2.05) is 31.0 Å². The summed E-state index contributed by atoms with van der Waals surface area (Å²) in [5.74, 6) is -1.12. The zero-order chi connectivity index (χ0) is 14.7. The standard InChI is InChI=1S/C14H19N3O3/c1-9-3-5-10(6-4-9)13(18)15-12-8-17(2)7-11(12)14(19)16-20/h3-6,11-12,20H,7-8H2,1-2H3,(H,15,18)(H,16,19). The lowest BCUT2D eigenvalue weighted by atomic mass is 10.0. The van der Waals surface area contributed by atoms with Crippen molar-refractivity contribution in [2.75, 3.05) is 20.1 Å². The predicted octanol–water partition coefficient (Wildman–Crippen LogP) is 0.160. The van der Waals surface area contributed by atoms with E-state index in [-0.39, 0.29) is 11.9 Å². The van der Waals surface area contributed by atoms with Gasteiger partial charge in [-0.25, -0.2) is 5.48 Å². The molecule has 2 atom stereocenters. The maximum atomic E-state index is 12.2. The molecule has 2 unspecified atom stereocenters. The molecule has 2 rings (SSSR count). The molecule has 0 aromatic heterocycles. The van der Waals surface area contributed by atoms with Gasteiger partial charge in [-0.15, -0.1) is 0 Å². The second-order valence-corrected chi connectivity index (χ2v) is 5.25. The summed E-state index contributed by atoms with van der Waals surface area (Å²) in [4.78, 5) is 25.7. The Morgan fingerprint density at radius 1 is 1.25 bits per heavy atom. The van der Waals surface area contributed by atoms with Crippen LogP contribution in [0.1, 0.15) is 15.9 Å². The summed E-state index contributed by atoms with van der Waals surface area (Å²) in [7, 11) is 1.87. The van der Waals surface area contributed by atoms with Gasteiger partial charge < -0.3 is 10.2 Å². The first-order valence-electron chi connectivity index (χ1n) is 6.51. The maximum Gasteiger partial charge on any atom is 0.251 e. The van der Waals surface area contributed by atoms with E-state index in [0.29, 0.717) is 18.7 Å². The third kappa shape index (κ3) is 3.15. The van der Waals surface area contributed by atoms with Crippen molar-refractivity contribution in [3.63, 3.8) is 0 Å². The van der Waals surface area contributed by atoms with Gasteiger partial charge in [0.2, 0.25) is 5.91 Å². The molecule has 108 valence electrons. The van der Waals surface area contributed by atoms with Crippen LogP contribution in [0.4, 0.5) is 0 Å². The van der Waals surface area contributed by atoms with Crippen LogP contribution in [-0.4, -0.2) is 48.1 Å². The Kier molecular flexibility index (Phi) is 4.36. The number of likely N-dealkylation sites (N-methyl/N-ethyl adjacent to an activating group) is 1. The highest BCUT2D eigenvalue weighted by Gasteiger charge is 2.37. The van der Waals surface area contributed by atoms with Crippen molar-refractivity contribution < 1.29 is 14.8 Å². The summed E-state index contributed by atoms with van der Waals surface area (Å²) < 4.78 is 0. The summed E-state index contributed by atoms with van der Waals surface area (Å²) in [6, 6.07) is 6.94. The van der Waals surface area contributed by atoms with Gasteiger partial charge >= 0.3 is 0 Å². The SMILES string of the molecule is Cc1ccc(C(=O)NC2CN(C)CC2C(=O)NO)cc1. The number of likely N-dealkylation sites (tertiary alicyclic amines) is 1. The number of nitrogens with one attached hydrogen (secondary N) is 2. The van der Waals surface area contributed by atoms with Gasteiger partial charge in [0, 0.05) is 18.7 Å². The van der Waals surface area contributed by atoms with E-state index in [2.05, 4.69) is 5.32 Å². The van der Waals surface area contributed by atoms with Gasteiger partial charge in [0.1, 0.15) is 0 Å². The molecular weight excluding hydrogens is 258 g/mol. The summed E-state index contributed by atoms with van der Waals surface area (Å²) >= 11 is 0. The average molecular weight is 277 g/mol. The molecule has 0 bridgehead atoms. The molecule has 0 spiro atoms. The fourth-order valence-electron chi connectivity index (χ4n) is 2.45. The minimum atomic E-state index is -0.469. The van der Waals surface area contributed by atoms with Crippen LogP contribution in [0.5, 0.6) is 0 Å². The average Bonchev–Trinajstić information content (AvgIpc) is 2.79. The Bertz CT molecular complexity index is 501. The molecule has 1 aromatic carbocycles. The largest absolute Gasteiger partial charge is 0.347 e. The third-order valence-corrected chi connectivity index (χ3v) is 3.58. The van der Waals surface area contributed by atoms with Crippen LogP contribution < -0.4 is 10.8 Å². The van der Waals surface area contributed by atoms with Crippen molar-refractivity contribution in [1.82, 2.24) is 15.7 Å². The van der Waals surface area contributed by atoms with E-state index in [4.69, 9.17) is 5.21 Å². The minimum absolute atomic E-state index is 0.207. The number of hydrogen-bond acceptors (Lipinski definition) is 4. The summed E-state index contributed by atoms with van der Waals surface area (Å²) in [6.07, 6.45) is 0. The number of benzene rings is 1. The number of aryl methyl sites for hydroxylation is 1. The molecule has 6 nitrogen and oxygen atoms in total. The molecule has 1 aliphatic rings.